The Labute approximate surface area is 286 Å². The number of allylic oxidation sites excluding steroid dienone is 4. The first-order valence-electron chi connectivity index (χ1n) is 16.2. The Balaban J connectivity index is 2.17. The molecule has 0 aromatic rings. The van der Waals surface area contributed by atoms with Crippen molar-refractivity contribution in [1.29, 1.82) is 0 Å². The lowest BCUT2D eigenvalue weighted by atomic mass is 10.4. The van der Waals surface area contributed by atoms with Gasteiger partial charge in [0.2, 0.25) is 0 Å². The maximum atomic E-state index is 5.47. The van der Waals surface area contributed by atoms with E-state index in [4.69, 9.17) is 56.8 Å². The predicted octanol–water partition coefficient (Wildman–Crippen LogP) is 1.33. The van der Waals surface area contributed by atoms with E-state index in [-0.39, 0.29) is 0 Å². The van der Waals surface area contributed by atoms with E-state index in [1.54, 1.807) is 24.3 Å². The fraction of sp³-hybridized carbons (Fsp3) is 0.667. The van der Waals surface area contributed by atoms with Crippen LogP contribution in [0.4, 0.5) is 0 Å². The van der Waals surface area contributed by atoms with E-state index < -0.39 is 0 Å². The van der Waals surface area contributed by atoms with Gasteiger partial charge in [-0.2, -0.15) is 0 Å². The maximum absolute atomic E-state index is 5.47. The molecule has 12 nitrogen and oxygen atoms in total. The minimum atomic E-state index is 0.322. The van der Waals surface area contributed by atoms with Gasteiger partial charge in [-0.15, -0.1) is 0 Å². The van der Waals surface area contributed by atoms with E-state index in [2.05, 4.69) is 47.4 Å². The summed E-state index contributed by atoms with van der Waals surface area (Å²) >= 11 is 0. The molecule has 0 spiro atoms. The van der Waals surface area contributed by atoms with Gasteiger partial charge in [-0.1, -0.05) is 47.4 Å². The van der Waals surface area contributed by atoms with Gasteiger partial charge >= 0.3 is 0 Å². The fourth-order valence-corrected chi connectivity index (χ4v) is 3.06. The zero-order valence-corrected chi connectivity index (χ0v) is 28.2. The molecule has 0 amide bonds. The van der Waals surface area contributed by atoms with Gasteiger partial charge in [0, 0.05) is 0 Å². The van der Waals surface area contributed by atoms with Crippen molar-refractivity contribution in [1.82, 2.24) is 0 Å². The molecule has 0 saturated heterocycles. The molecule has 0 N–H and O–H groups in total. The molecule has 0 atom stereocenters. The second-order valence-corrected chi connectivity index (χ2v) is 9.06. The summed E-state index contributed by atoms with van der Waals surface area (Å²) in [4.78, 5) is 0. The fourth-order valence-electron chi connectivity index (χ4n) is 3.06. The Hall–Kier alpha value is -2.76. The zero-order valence-electron chi connectivity index (χ0n) is 28.2. The summed E-state index contributed by atoms with van der Waals surface area (Å²) in [5.41, 5.74) is 0. The van der Waals surface area contributed by atoms with Crippen LogP contribution in [0.1, 0.15) is 0 Å². The summed E-state index contributed by atoms with van der Waals surface area (Å²) in [6, 6.07) is 0. The molecule has 12 heteroatoms. The summed E-state index contributed by atoms with van der Waals surface area (Å²) < 4.78 is 65.4. The highest BCUT2D eigenvalue weighted by atomic mass is 16.6. The van der Waals surface area contributed by atoms with Gasteiger partial charge in [-0.05, 0) is 24.3 Å². The van der Waals surface area contributed by atoms with Gasteiger partial charge in [0.1, 0.15) is 26.4 Å². The van der Waals surface area contributed by atoms with Crippen molar-refractivity contribution in [2.24, 2.45) is 0 Å². The van der Waals surface area contributed by atoms with Crippen LogP contribution in [0.3, 0.4) is 0 Å². The standard InChI is InChI=1S/C36H52O12/c1-2-6-10-14-38-18-22-42-26-30-46-35-36-48-32-28-44-24-20-40-16-12-8-4-3-7-11-15-39-19-23-43-27-31-47-34-33-45-29-25-41-21-17-37-13-9-5-1/h1-4H,13-36H2. The highest BCUT2D eigenvalue weighted by molar-refractivity contribution is 5.25. The molecule has 0 radical (unpaired) electrons. The topological polar surface area (TPSA) is 111 Å². The van der Waals surface area contributed by atoms with Gasteiger partial charge in [0.05, 0.1) is 132 Å². The largest absolute Gasteiger partial charge is 0.377 e. The first kappa shape index (κ1) is 43.3. The van der Waals surface area contributed by atoms with Crippen molar-refractivity contribution in [3.05, 3.63) is 24.3 Å². The van der Waals surface area contributed by atoms with Crippen molar-refractivity contribution < 1.29 is 56.8 Å². The third-order valence-corrected chi connectivity index (χ3v) is 5.33. The van der Waals surface area contributed by atoms with Crippen molar-refractivity contribution >= 4 is 0 Å². The van der Waals surface area contributed by atoms with Crippen LogP contribution in [0.25, 0.3) is 0 Å². The molecule has 0 aromatic carbocycles. The molecule has 0 aliphatic carbocycles. The third-order valence-electron chi connectivity index (χ3n) is 5.33. The highest BCUT2D eigenvalue weighted by Gasteiger charge is 1.95. The SMILES string of the molecule is C1#CCOCCOCCOCCOCCOCCOCC#CC=CC#CCOCCOCCOCCOCCOCCOCC#CC=C1. The van der Waals surface area contributed by atoms with Gasteiger partial charge in [0.25, 0.3) is 0 Å². The van der Waals surface area contributed by atoms with Crippen LogP contribution in [0.2, 0.25) is 0 Å². The van der Waals surface area contributed by atoms with E-state index in [1.807, 2.05) is 0 Å². The Morgan fingerprint density at radius 3 is 0.521 bits per heavy atom. The average Bonchev–Trinajstić information content (AvgIpc) is 3.10. The lowest BCUT2D eigenvalue weighted by Gasteiger charge is -2.07. The maximum Gasteiger partial charge on any atom is 0.108 e. The van der Waals surface area contributed by atoms with Crippen molar-refractivity contribution in [3.8, 4) is 47.4 Å². The van der Waals surface area contributed by atoms with E-state index in [1.165, 1.54) is 0 Å². The Morgan fingerprint density at radius 2 is 0.354 bits per heavy atom. The molecular formula is C36H52O12. The van der Waals surface area contributed by atoms with E-state index in [9.17, 15) is 0 Å². The Kier molecular flexibility index (Phi) is 36.4. The van der Waals surface area contributed by atoms with Crippen LogP contribution >= 0.6 is 0 Å². The first-order chi connectivity index (χ1) is 24.0. The van der Waals surface area contributed by atoms with Crippen LogP contribution in [-0.4, -0.2) is 159 Å². The van der Waals surface area contributed by atoms with Gasteiger partial charge < -0.3 is 56.8 Å². The third kappa shape index (κ3) is 37.7. The van der Waals surface area contributed by atoms with Crippen LogP contribution in [-0.2, 0) is 56.8 Å². The molecule has 0 fully saturated rings. The Morgan fingerprint density at radius 1 is 0.208 bits per heavy atom. The first-order valence-corrected chi connectivity index (χ1v) is 16.2. The van der Waals surface area contributed by atoms with Crippen LogP contribution in [0.5, 0.6) is 0 Å². The molecule has 0 aromatic heterocycles. The number of rotatable bonds is 0. The quantitative estimate of drug-likeness (QED) is 0.346. The molecule has 48 heavy (non-hydrogen) atoms. The van der Waals surface area contributed by atoms with E-state index in [0.29, 0.717) is 159 Å². The molecule has 1 aliphatic heterocycles. The normalized spacial score (nSPS) is 20.7. The second kappa shape index (κ2) is 40.4. The van der Waals surface area contributed by atoms with Gasteiger partial charge in [-0.3, -0.25) is 0 Å². The number of hydrogen-bond acceptors (Lipinski definition) is 12. The van der Waals surface area contributed by atoms with Gasteiger partial charge in [0.15, 0.2) is 0 Å². The minimum Gasteiger partial charge on any atom is -0.377 e. The number of ether oxygens (including phenoxy) is 12. The van der Waals surface area contributed by atoms with Crippen molar-refractivity contribution in [2.75, 3.05) is 159 Å². The van der Waals surface area contributed by atoms with Crippen LogP contribution in [0.15, 0.2) is 24.3 Å². The highest BCUT2D eigenvalue weighted by Crippen LogP contribution is 1.86. The van der Waals surface area contributed by atoms with Crippen molar-refractivity contribution in [3.63, 3.8) is 0 Å². The molecule has 1 heterocycles. The zero-order chi connectivity index (χ0) is 33.9. The summed E-state index contributed by atoms with van der Waals surface area (Å²) in [5, 5.41) is 0. The summed E-state index contributed by atoms with van der Waals surface area (Å²) in [5.74, 6) is 23.0. The molecule has 1 rings (SSSR count). The predicted molar refractivity (Wildman–Crippen MR) is 179 cm³/mol. The molecule has 1 aliphatic rings. The van der Waals surface area contributed by atoms with Crippen LogP contribution < -0.4 is 0 Å². The van der Waals surface area contributed by atoms with E-state index >= 15 is 0 Å². The smallest absolute Gasteiger partial charge is 0.108 e. The van der Waals surface area contributed by atoms with Gasteiger partial charge in [-0.25, -0.2) is 0 Å². The molecule has 0 bridgehead atoms. The lowest BCUT2D eigenvalue weighted by molar-refractivity contribution is -0.0142. The average molecular weight is 677 g/mol. The molecule has 0 unspecified atom stereocenters. The molecule has 268 valence electrons. The van der Waals surface area contributed by atoms with E-state index in [0.717, 1.165) is 0 Å². The molecular weight excluding hydrogens is 624 g/mol. The summed E-state index contributed by atoms with van der Waals surface area (Å²) in [7, 11) is 0. The summed E-state index contributed by atoms with van der Waals surface area (Å²) in [6.45, 7) is 10.9. The van der Waals surface area contributed by atoms with Crippen LogP contribution in [0, 0.1) is 47.4 Å². The minimum absolute atomic E-state index is 0.322. The lowest BCUT2D eigenvalue weighted by Crippen LogP contribution is -2.14. The van der Waals surface area contributed by atoms with Crippen molar-refractivity contribution in [2.45, 2.75) is 0 Å². The Bertz CT molecular complexity index is 855. The number of hydrogen-bond donors (Lipinski definition) is 0. The second-order valence-electron chi connectivity index (χ2n) is 9.06. The monoisotopic (exact) mass is 676 g/mol. The molecule has 0 saturated carbocycles. The summed E-state index contributed by atoms with van der Waals surface area (Å²) in [6.07, 6.45) is 6.69.